The third kappa shape index (κ3) is 6.36. The molecule has 9 heteroatoms. The number of ether oxygens (including phenoxy) is 2. The molecular weight excluding hydrogens is 496 g/mol. The molecule has 1 aromatic heterocycles. The van der Waals surface area contributed by atoms with E-state index in [1.807, 2.05) is 23.1 Å². The van der Waals surface area contributed by atoms with E-state index < -0.39 is 12.6 Å². The van der Waals surface area contributed by atoms with E-state index in [1.165, 1.54) is 43.5 Å². The highest BCUT2D eigenvalue weighted by molar-refractivity contribution is 5.89. The summed E-state index contributed by atoms with van der Waals surface area (Å²) in [4.78, 5) is 33.5. The molecule has 0 unspecified atom stereocenters. The number of nitrogens with zero attached hydrogens (tertiary/aromatic N) is 3. The van der Waals surface area contributed by atoms with Gasteiger partial charge in [-0.15, -0.1) is 0 Å². The lowest BCUT2D eigenvalue weighted by atomic mass is 9.98. The Morgan fingerprint density at radius 2 is 1.95 bits per heavy atom. The molecule has 0 radical (unpaired) electrons. The first-order chi connectivity index (χ1) is 19.1. The second-order valence-electron chi connectivity index (χ2n) is 10.6. The number of fused-ring (bicyclic) bond motifs is 2. The van der Waals surface area contributed by atoms with Crippen molar-refractivity contribution in [3.63, 3.8) is 0 Å². The van der Waals surface area contributed by atoms with Crippen LogP contribution in [-0.4, -0.2) is 77.4 Å². The first-order valence-electron chi connectivity index (χ1n) is 14.4. The molecule has 0 atom stereocenters. The molecule has 0 bridgehead atoms. The Kier molecular flexibility index (Phi) is 8.98. The zero-order valence-electron chi connectivity index (χ0n) is 22.9. The van der Waals surface area contributed by atoms with E-state index in [-0.39, 0.29) is 12.7 Å². The lowest BCUT2D eigenvalue weighted by Gasteiger charge is -2.39. The number of hydrogen-bond donors (Lipinski definition) is 2. The number of hydrogen-bond acceptors (Lipinski definition) is 8. The number of nitrogens with one attached hydrogen (secondary N) is 1. The van der Waals surface area contributed by atoms with Gasteiger partial charge >= 0.3 is 12.1 Å². The monoisotopic (exact) mass is 536 g/mol. The fraction of sp³-hybridized carbons (Fsp3) is 0.567. The van der Waals surface area contributed by atoms with Gasteiger partial charge in [0.2, 0.25) is 0 Å². The van der Waals surface area contributed by atoms with Crippen LogP contribution in [0.3, 0.4) is 0 Å². The summed E-state index contributed by atoms with van der Waals surface area (Å²) in [6.45, 7) is 6.39. The molecule has 4 heterocycles. The molecule has 1 amide bonds. The van der Waals surface area contributed by atoms with Crippen molar-refractivity contribution in [1.29, 1.82) is 0 Å². The van der Waals surface area contributed by atoms with E-state index in [2.05, 4.69) is 23.2 Å². The van der Waals surface area contributed by atoms with Gasteiger partial charge in [0.05, 0.1) is 23.5 Å². The van der Waals surface area contributed by atoms with Crippen molar-refractivity contribution in [1.82, 2.24) is 20.1 Å². The number of unbranched alkanes of at least 4 members (excludes halogenated alkanes) is 1. The predicted octanol–water partition coefficient (Wildman–Crippen LogP) is 4.01. The highest BCUT2D eigenvalue weighted by Gasteiger charge is 2.29. The van der Waals surface area contributed by atoms with E-state index in [0.29, 0.717) is 24.8 Å². The maximum atomic E-state index is 13.0. The Bertz CT molecular complexity index is 1220. The fourth-order valence-corrected chi connectivity index (χ4v) is 6.09. The van der Waals surface area contributed by atoms with E-state index in [0.717, 1.165) is 61.1 Å². The van der Waals surface area contributed by atoms with Gasteiger partial charge in [-0.05, 0) is 81.8 Å². The van der Waals surface area contributed by atoms with Gasteiger partial charge in [-0.3, -0.25) is 0 Å². The summed E-state index contributed by atoms with van der Waals surface area (Å²) in [6, 6.07) is 6.31. The Morgan fingerprint density at radius 3 is 2.69 bits per heavy atom. The van der Waals surface area contributed by atoms with Crippen molar-refractivity contribution in [3.05, 3.63) is 41.1 Å². The van der Waals surface area contributed by atoms with Crippen LogP contribution in [-0.2, 0) is 22.5 Å². The van der Waals surface area contributed by atoms with Crippen LogP contribution < -0.4 is 10.1 Å². The molecule has 2 aromatic rings. The summed E-state index contributed by atoms with van der Waals surface area (Å²) in [5.74, 6) is -0.0450. The summed E-state index contributed by atoms with van der Waals surface area (Å²) in [7, 11) is 0. The second-order valence-corrected chi connectivity index (χ2v) is 10.6. The quantitative estimate of drug-likeness (QED) is 0.385. The molecule has 2 saturated heterocycles. The SMILES string of the molecule is CCc1c2c(nc3ccc(OC(=O)N4CCC(N5CCCCC5)CC4)cc13)/C(=C/CCCOC(=O)CO)NC2. The smallest absolute Gasteiger partial charge is 0.415 e. The maximum Gasteiger partial charge on any atom is 0.415 e. The summed E-state index contributed by atoms with van der Waals surface area (Å²) >= 11 is 0. The number of aromatic nitrogens is 1. The van der Waals surface area contributed by atoms with Crippen LogP contribution in [0.4, 0.5) is 4.79 Å². The van der Waals surface area contributed by atoms with Gasteiger partial charge in [-0.25, -0.2) is 14.6 Å². The molecule has 2 N–H and O–H groups in total. The second kappa shape index (κ2) is 12.8. The maximum absolute atomic E-state index is 13.0. The number of allylic oxidation sites excluding steroid dienone is 1. The number of carbonyl (C=O) groups is 2. The molecule has 3 aliphatic rings. The lowest BCUT2D eigenvalue weighted by Crippen LogP contribution is -2.48. The number of benzene rings is 1. The van der Waals surface area contributed by atoms with Crippen molar-refractivity contribution in [2.45, 2.75) is 70.9 Å². The predicted molar refractivity (Wildman–Crippen MR) is 149 cm³/mol. The molecule has 39 heavy (non-hydrogen) atoms. The Morgan fingerprint density at radius 1 is 1.15 bits per heavy atom. The molecule has 9 nitrogen and oxygen atoms in total. The number of rotatable bonds is 8. The number of pyridine rings is 1. The average Bonchev–Trinajstić information content (AvgIpc) is 3.38. The van der Waals surface area contributed by atoms with Crippen LogP contribution in [0.2, 0.25) is 0 Å². The van der Waals surface area contributed by atoms with E-state index in [1.54, 1.807) is 0 Å². The lowest BCUT2D eigenvalue weighted by molar-refractivity contribution is -0.146. The van der Waals surface area contributed by atoms with Crippen LogP contribution in [0.5, 0.6) is 5.75 Å². The van der Waals surface area contributed by atoms with Crippen molar-refractivity contribution in [3.8, 4) is 5.75 Å². The van der Waals surface area contributed by atoms with Crippen LogP contribution in [0.1, 0.15) is 68.7 Å². The van der Waals surface area contributed by atoms with Crippen LogP contribution in [0, 0.1) is 0 Å². The van der Waals surface area contributed by atoms with Crippen molar-refractivity contribution >= 4 is 28.7 Å². The van der Waals surface area contributed by atoms with Gasteiger partial charge in [0.15, 0.2) is 0 Å². The minimum atomic E-state index is -0.602. The number of amides is 1. The minimum Gasteiger partial charge on any atom is -0.464 e. The van der Waals surface area contributed by atoms with Crippen molar-refractivity contribution in [2.24, 2.45) is 0 Å². The van der Waals surface area contributed by atoms with E-state index in [9.17, 15) is 9.59 Å². The van der Waals surface area contributed by atoms with Gasteiger partial charge in [-0.2, -0.15) is 0 Å². The number of carbonyl (C=O) groups excluding carboxylic acids is 2. The number of likely N-dealkylation sites (tertiary alicyclic amines) is 2. The molecular formula is C30H40N4O5. The van der Waals surface area contributed by atoms with E-state index in [4.69, 9.17) is 19.6 Å². The van der Waals surface area contributed by atoms with Gasteiger partial charge < -0.3 is 29.7 Å². The molecule has 210 valence electrons. The van der Waals surface area contributed by atoms with Gasteiger partial charge in [0, 0.05) is 36.6 Å². The molecule has 0 aliphatic carbocycles. The van der Waals surface area contributed by atoms with Crippen LogP contribution >= 0.6 is 0 Å². The van der Waals surface area contributed by atoms with Crippen molar-refractivity contribution < 1.29 is 24.2 Å². The zero-order valence-corrected chi connectivity index (χ0v) is 22.9. The highest BCUT2D eigenvalue weighted by Crippen LogP contribution is 2.34. The molecule has 0 spiro atoms. The summed E-state index contributed by atoms with van der Waals surface area (Å²) in [6.07, 6.45) is 10.0. The number of aliphatic hydroxyl groups is 1. The zero-order chi connectivity index (χ0) is 27.2. The minimum absolute atomic E-state index is 0.268. The van der Waals surface area contributed by atoms with Crippen LogP contribution in [0.25, 0.3) is 16.6 Å². The molecule has 2 fully saturated rings. The van der Waals surface area contributed by atoms with Crippen molar-refractivity contribution in [2.75, 3.05) is 39.4 Å². The Balaban J connectivity index is 1.23. The third-order valence-corrected chi connectivity index (χ3v) is 8.16. The van der Waals surface area contributed by atoms with Gasteiger partial charge in [0.1, 0.15) is 12.4 Å². The van der Waals surface area contributed by atoms with Gasteiger partial charge in [-0.1, -0.05) is 19.4 Å². The molecule has 1 aromatic carbocycles. The normalized spacial score (nSPS) is 19.2. The van der Waals surface area contributed by atoms with Crippen LogP contribution in [0.15, 0.2) is 24.3 Å². The number of piperidine rings is 2. The highest BCUT2D eigenvalue weighted by atomic mass is 16.6. The topological polar surface area (TPSA) is 104 Å². The first kappa shape index (κ1) is 27.4. The standard InChI is InChI=1S/C30H40N4O5/c1-2-23-24-18-22(39-30(37)34-15-11-21(12-16-34)33-13-5-3-6-14-33)9-10-26(24)32-29-25(23)19-31-27(29)8-4-7-17-38-28(36)20-35/h8-10,18,21,31,35H,2-7,11-17,19-20H2,1H3/b27-8-. The van der Waals surface area contributed by atoms with Gasteiger partial charge in [0.25, 0.3) is 0 Å². The summed E-state index contributed by atoms with van der Waals surface area (Å²) in [5.41, 5.74) is 5.19. The summed E-state index contributed by atoms with van der Waals surface area (Å²) in [5, 5.41) is 13.2. The Hall–Kier alpha value is -3.17. The molecule has 0 saturated carbocycles. The fourth-order valence-electron chi connectivity index (χ4n) is 6.09. The number of esters is 1. The number of aliphatic hydroxyl groups excluding tert-OH is 1. The first-order valence-corrected chi connectivity index (χ1v) is 14.4. The number of aryl methyl sites for hydroxylation is 1. The Labute approximate surface area is 230 Å². The van der Waals surface area contributed by atoms with E-state index >= 15 is 0 Å². The third-order valence-electron chi connectivity index (χ3n) is 8.16. The molecule has 3 aliphatic heterocycles. The largest absolute Gasteiger partial charge is 0.464 e. The molecule has 5 rings (SSSR count). The summed E-state index contributed by atoms with van der Waals surface area (Å²) < 4.78 is 10.8. The average molecular weight is 537 g/mol.